The van der Waals surface area contributed by atoms with Crippen molar-refractivity contribution >= 4 is 27.0 Å². The molecule has 80 valence electrons. The van der Waals surface area contributed by atoms with E-state index in [2.05, 4.69) is 20.9 Å². The summed E-state index contributed by atoms with van der Waals surface area (Å²) >= 11 is 3.34. The summed E-state index contributed by atoms with van der Waals surface area (Å²) in [7, 11) is 0. The summed E-state index contributed by atoms with van der Waals surface area (Å²) in [5.74, 6) is 0. The van der Waals surface area contributed by atoms with Crippen molar-refractivity contribution in [3.05, 3.63) is 33.2 Å². The van der Waals surface area contributed by atoms with Gasteiger partial charge in [-0.3, -0.25) is 4.57 Å². The van der Waals surface area contributed by atoms with Gasteiger partial charge in [0.2, 0.25) is 0 Å². The molecule has 0 aliphatic carbocycles. The summed E-state index contributed by atoms with van der Waals surface area (Å²) in [6, 6.07) is 5.56. The van der Waals surface area contributed by atoms with Crippen molar-refractivity contribution in [1.82, 2.24) is 9.55 Å². The molecule has 0 saturated heterocycles. The number of aliphatic hydroxyl groups is 1. The van der Waals surface area contributed by atoms with Crippen LogP contribution < -0.4 is 5.69 Å². The maximum atomic E-state index is 11.6. The predicted molar refractivity (Wildman–Crippen MR) is 61.9 cm³/mol. The number of hydrogen-bond acceptors (Lipinski definition) is 2. The van der Waals surface area contributed by atoms with Gasteiger partial charge in [0.05, 0.1) is 23.7 Å². The molecule has 0 fully saturated rings. The third kappa shape index (κ3) is 1.98. The van der Waals surface area contributed by atoms with E-state index in [0.29, 0.717) is 6.54 Å². The van der Waals surface area contributed by atoms with Gasteiger partial charge in [0.1, 0.15) is 0 Å². The minimum atomic E-state index is -0.537. The molecule has 0 aliphatic rings. The van der Waals surface area contributed by atoms with E-state index in [1.165, 1.54) is 4.57 Å². The van der Waals surface area contributed by atoms with Crippen molar-refractivity contribution < 1.29 is 5.11 Å². The normalized spacial score (nSPS) is 13.3. The van der Waals surface area contributed by atoms with E-state index in [1.54, 1.807) is 6.92 Å². The smallest absolute Gasteiger partial charge is 0.326 e. The van der Waals surface area contributed by atoms with Gasteiger partial charge in [-0.1, -0.05) is 15.9 Å². The van der Waals surface area contributed by atoms with Crippen LogP contribution in [0.3, 0.4) is 0 Å². The van der Waals surface area contributed by atoms with Crippen molar-refractivity contribution in [1.29, 1.82) is 0 Å². The Morgan fingerprint density at radius 3 is 3.00 bits per heavy atom. The molecule has 0 spiro atoms. The van der Waals surface area contributed by atoms with Crippen LogP contribution >= 0.6 is 15.9 Å². The van der Waals surface area contributed by atoms with Crippen molar-refractivity contribution in [3.8, 4) is 0 Å². The number of aromatic amines is 1. The fraction of sp³-hybridized carbons (Fsp3) is 0.300. The first-order valence-corrected chi connectivity index (χ1v) is 5.43. The Labute approximate surface area is 94.7 Å². The number of aliphatic hydroxyl groups excluding tert-OH is 1. The average molecular weight is 271 g/mol. The fourth-order valence-corrected chi connectivity index (χ4v) is 1.94. The minimum Gasteiger partial charge on any atom is -0.392 e. The van der Waals surface area contributed by atoms with Crippen LogP contribution in [0.4, 0.5) is 0 Å². The van der Waals surface area contributed by atoms with Gasteiger partial charge in [-0.05, 0) is 25.1 Å². The number of fused-ring (bicyclic) bond motifs is 1. The number of imidazole rings is 1. The molecular weight excluding hydrogens is 260 g/mol. The van der Waals surface area contributed by atoms with Crippen molar-refractivity contribution in [3.63, 3.8) is 0 Å². The lowest BCUT2D eigenvalue weighted by atomic mass is 10.3. The molecule has 0 bridgehead atoms. The van der Waals surface area contributed by atoms with E-state index in [4.69, 9.17) is 0 Å². The second kappa shape index (κ2) is 3.83. The number of rotatable bonds is 2. The van der Waals surface area contributed by atoms with Crippen molar-refractivity contribution in [2.75, 3.05) is 0 Å². The van der Waals surface area contributed by atoms with E-state index in [0.717, 1.165) is 15.5 Å². The van der Waals surface area contributed by atoms with Crippen LogP contribution in [0.5, 0.6) is 0 Å². The highest BCUT2D eigenvalue weighted by atomic mass is 79.9. The number of benzene rings is 1. The topological polar surface area (TPSA) is 58.0 Å². The first-order valence-electron chi connectivity index (χ1n) is 4.64. The van der Waals surface area contributed by atoms with Crippen LogP contribution in [-0.2, 0) is 6.54 Å². The van der Waals surface area contributed by atoms with Crippen LogP contribution in [0.15, 0.2) is 27.5 Å². The quantitative estimate of drug-likeness (QED) is 0.869. The van der Waals surface area contributed by atoms with Gasteiger partial charge in [-0.15, -0.1) is 0 Å². The summed E-state index contributed by atoms with van der Waals surface area (Å²) in [5, 5.41) is 9.28. The summed E-state index contributed by atoms with van der Waals surface area (Å²) in [6.45, 7) is 1.96. The van der Waals surface area contributed by atoms with Crippen LogP contribution in [0.1, 0.15) is 6.92 Å². The molecule has 0 saturated carbocycles. The lowest BCUT2D eigenvalue weighted by Gasteiger charge is -2.05. The van der Waals surface area contributed by atoms with E-state index in [9.17, 15) is 9.90 Å². The minimum absolute atomic E-state index is 0.191. The lowest BCUT2D eigenvalue weighted by Crippen LogP contribution is -2.22. The molecule has 0 amide bonds. The second-order valence-electron chi connectivity index (χ2n) is 3.55. The van der Waals surface area contributed by atoms with E-state index in [-0.39, 0.29) is 5.69 Å². The Bertz CT molecular complexity index is 542. The highest BCUT2D eigenvalue weighted by Gasteiger charge is 2.08. The summed E-state index contributed by atoms with van der Waals surface area (Å²) < 4.78 is 2.45. The van der Waals surface area contributed by atoms with E-state index >= 15 is 0 Å². The van der Waals surface area contributed by atoms with Crippen LogP contribution in [0, 0.1) is 0 Å². The van der Waals surface area contributed by atoms with Gasteiger partial charge in [-0.2, -0.15) is 0 Å². The standard InChI is InChI=1S/C10H11BrN2O2/c1-6(14)5-13-9-3-2-7(11)4-8(9)12-10(13)15/h2-4,6,14H,5H2,1H3,(H,12,15). The third-order valence-electron chi connectivity index (χ3n) is 2.18. The Morgan fingerprint density at radius 2 is 2.33 bits per heavy atom. The number of H-pyrrole nitrogens is 1. The van der Waals surface area contributed by atoms with Gasteiger partial charge in [0.25, 0.3) is 0 Å². The molecule has 15 heavy (non-hydrogen) atoms. The highest BCUT2D eigenvalue weighted by molar-refractivity contribution is 9.10. The third-order valence-corrected chi connectivity index (χ3v) is 2.68. The zero-order valence-corrected chi connectivity index (χ0v) is 9.78. The molecule has 1 heterocycles. The molecule has 2 N–H and O–H groups in total. The van der Waals surface area contributed by atoms with Gasteiger partial charge in [0.15, 0.2) is 0 Å². The molecule has 1 unspecified atom stereocenters. The molecule has 0 radical (unpaired) electrons. The first-order chi connectivity index (χ1) is 7.08. The Hall–Kier alpha value is -1.07. The van der Waals surface area contributed by atoms with Crippen molar-refractivity contribution in [2.45, 2.75) is 19.6 Å². The van der Waals surface area contributed by atoms with Gasteiger partial charge >= 0.3 is 5.69 Å². The van der Waals surface area contributed by atoms with Gasteiger partial charge in [0, 0.05) is 4.47 Å². The zero-order chi connectivity index (χ0) is 11.0. The molecule has 2 rings (SSSR count). The average Bonchev–Trinajstić information content (AvgIpc) is 2.41. The lowest BCUT2D eigenvalue weighted by molar-refractivity contribution is 0.174. The summed E-state index contributed by atoms with van der Waals surface area (Å²) in [6.07, 6.45) is -0.537. The van der Waals surface area contributed by atoms with Gasteiger partial charge < -0.3 is 10.1 Å². The van der Waals surface area contributed by atoms with Crippen LogP contribution in [0.2, 0.25) is 0 Å². The molecule has 2 aromatic rings. The Morgan fingerprint density at radius 1 is 1.60 bits per heavy atom. The molecule has 1 aromatic heterocycles. The van der Waals surface area contributed by atoms with Gasteiger partial charge in [-0.25, -0.2) is 4.79 Å². The number of nitrogens with zero attached hydrogens (tertiary/aromatic N) is 1. The van der Waals surface area contributed by atoms with Crippen molar-refractivity contribution in [2.24, 2.45) is 0 Å². The predicted octanol–water partition coefficient (Wildman–Crippen LogP) is 1.47. The Balaban J connectivity index is 2.63. The SMILES string of the molecule is CC(O)Cn1c(=O)[nH]c2cc(Br)ccc21. The number of hydrogen-bond donors (Lipinski definition) is 2. The summed E-state index contributed by atoms with van der Waals surface area (Å²) in [4.78, 5) is 14.3. The monoisotopic (exact) mass is 270 g/mol. The molecule has 1 aromatic carbocycles. The van der Waals surface area contributed by atoms with E-state index in [1.807, 2.05) is 18.2 Å². The number of aromatic nitrogens is 2. The fourth-order valence-electron chi connectivity index (χ4n) is 1.58. The maximum absolute atomic E-state index is 11.6. The van der Waals surface area contributed by atoms with E-state index < -0.39 is 6.10 Å². The molecular formula is C10H11BrN2O2. The summed E-state index contributed by atoms with van der Waals surface area (Å²) in [5.41, 5.74) is 1.39. The molecule has 0 aliphatic heterocycles. The number of nitrogens with one attached hydrogen (secondary N) is 1. The number of halogens is 1. The maximum Gasteiger partial charge on any atom is 0.326 e. The largest absolute Gasteiger partial charge is 0.392 e. The molecule has 1 atom stereocenters. The zero-order valence-electron chi connectivity index (χ0n) is 8.20. The first kappa shape index (κ1) is 10.4. The Kier molecular flexibility index (Phi) is 2.67. The van der Waals surface area contributed by atoms with Crippen LogP contribution in [0.25, 0.3) is 11.0 Å². The van der Waals surface area contributed by atoms with Crippen LogP contribution in [-0.4, -0.2) is 20.8 Å². The second-order valence-corrected chi connectivity index (χ2v) is 4.47. The molecule has 4 nitrogen and oxygen atoms in total. The molecule has 5 heteroatoms. The highest BCUT2D eigenvalue weighted by Crippen LogP contribution is 2.17.